The average molecular weight is 316 g/mol. The summed E-state index contributed by atoms with van der Waals surface area (Å²) in [6.07, 6.45) is 5.28. The van der Waals surface area contributed by atoms with Crippen molar-refractivity contribution in [3.8, 4) is 0 Å². The number of sulfone groups is 1. The van der Waals surface area contributed by atoms with Crippen LogP contribution in [0.1, 0.15) is 46.0 Å². The van der Waals surface area contributed by atoms with Crippen LogP contribution in [0.2, 0.25) is 0 Å². The van der Waals surface area contributed by atoms with E-state index in [-0.39, 0.29) is 11.3 Å². The summed E-state index contributed by atoms with van der Waals surface area (Å²) in [5.74, 6) is 0. The Kier molecular flexibility index (Phi) is 5.64. The van der Waals surface area contributed by atoms with Gasteiger partial charge in [-0.15, -0.1) is 11.3 Å². The Morgan fingerprint density at radius 1 is 1.20 bits per heavy atom. The molecule has 0 aliphatic carbocycles. The van der Waals surface area contributed by atoms with Crippen molar-refractivity contribution in [2.45, 2.75) is 61.5 Å². The molecular formula is C15H25NO2S2. The van der Waals surface area contributed by atoms with Crippen molar-refractivity contribution < 1.29 is 8.42 Å². The quantitative estimate of drug-likeness (QED) is 0.805. The van der Waals surface area contributed by atoms with E-state index in [4.69, 9.17) is 0 Å². The van der Waals surface area contributed by atoms with Gasteiger partial charge in [0.15, 0.2) is 9.84 Å². The zero-order chi connectivity index (χ0) is 14.6. The summed E-state index contributed by atoms with van der Waals surface area (Å²) in [6.45, 7) is 6.22. The van der Waals surface area contributed by atoms with Crippen LogP contribution in [-0.2, 0) is 9.84 Å². The molecule has 0 saturated carbocycles. The molecule has 2 atom stereocenters. The van der Waals surface area contributed by atoms with E-state index in [0.29, 0.717) is 10.6 Å². The molecule has 114 valence electrons. The van der Waals surface area contributed by atoms with Gasteiger partial charge < -0.3 is 0 Å². The van der Waals surface area contributed by atoms with Crippen LogP contribution in [0, 0.1) is 0 Å². The number of piperidine rings is 1. The largest absolute Gasteiger partial charge is 0.299 e. The number of thiophene rings is 1. The number of rotatable bonds is 6. The third-order valence-corrected chi connectivity index (χ3v) is 8.07. The van der Waals surface area contributed by atoms with Gasteiger partial charge in [-0.2, -0.15) is 0 Å². The first-order valence-electron chi connectivity index (χ1n) is 7.62. The highest BCUT2D eigenvalue weighted by Crippen LogP contribution is 2.29. The minimum absolute atomic E-state index is 0.160. The molecule has 1 saturated heterocycles. The molecule has 20 heavy (non-hydrogen) atoms. The molecular weight excluding hydrogens is 290 g/mol. The fourth-order valence-electron chi connectivity index (χ4n) is 3.28. The molecule has 0 radical (unpaired) electrons. The molecule has 3 nitrogen and oxygen atoms in total. The maximum absolute atomic E-state index is 12.9. The lowest BCUT2D eigenvalue weighted by Gasteiger charge is -2.38. The topological polar surface area (TPSA) is 37.4 Å². The SMILES string of the molecule is CC[C@@H]([C@H](CC)S(=O)(=O)c1cccs1)N1CCCCC1. The predicted octanol–water partition coefficient (Wildman–Crippen LogP) is 3.56. The van der Waals surface area contributed by atoms with E-state index < -0.39 is 9.84 Å². The predicted molar refractivity (Wildman–Crippen MR) is 85.1 cm³/mol. The summed E-state index contributed by atoms with van der Waals surface area (Å²) < 4.78 is 26.2. The van der Waals surface area contributed by atoms with Gasteiger partial charge in [-0.25, -0.2) is 8.42 Å². The standard InChI is InChI=1S/C15H25NO2S2/c1-3-13(16-10-6-5-7-11-16)14(4-2)20(17,18)15-9-8-12-19-15/h8-9,12-14H,3-7,10-11H2,1-2H3/t13-,14-/m0/s1. The maximum Gasteiger partial charge on any atom is 0.192 e. The van der Waals surface area contributed by atoms with E-state index in [2.05, 4.69) is 11.8 Å². The molecule has 0 bridgehead atoms. The Balaban J connectivity index is 2.25. The molecule has 1 aromatic heterocycles. The highest BCUT2D eigenvalue weighted by Gasteiger charge is 2.36. The molecule has 1 fully saturated rings. The van der Waals surface area contributed by atoms with Crippen LogP contribution in [0.15, 0.2) is 21.7 Å². The summed E-state index contributed by atoms with van der Waals surface area (Å²) in [6, 6.07) is 3.73. The van der Waals surface area contributed by atoms with Crippen LogP contribution in [0.4, 0.5) is 0 Å². The maximum atomic E-state index is 12.9. The lowest BCUT2D eigenvalue weighted by molar-refractivity contribution is 0.152. The Hall–Kier alpha value is -0.390. The Bertz CT molecular complexity index is 490. The van der Waals surface area contributed by atoms with Crippen molar-refractivity contribution in [2.75, 3.05) is 13.1 Å². The van der Waals surface area contributed by atoms with Crippen LogP contribution >= 0.6 is 11.3 Å². The lowest BCUT2D eigenvalue weighted by Crippen LogP contribution is -2.48. The van der Waals surface area contributed by atoms with Crippen LogP contribution in [0.5, 0.6) is 0 Å². The van der Waals surface area contributed by atoms with Gasteiger partial charge in [0.1, 0.15) is 4.21 Å². The van der Waals surface area contributed by atoms with Crippen molar-refractivity contribution in [1.29, 1.82) is 0 Å². The second-order valence-corrected chi connectivity index (χ2v) is 8.84. The second kappa shape index (κ2) is 7.05. The second-order valence-electron chi connectivity index (χ2n) is 5.50. The number of hydrogen-bond acceptors (Lipinski definition) is 4. The van der Waals surface area contributed by atoms with Crippen molar-refractivity contribution in [3.63, 3.8) is 0 Å². The normalized spacial score (nSPS) is 20.7. The number of nitrogens with zero attached hydrogens (tertiary/aromatic N) is 1. The van der Waals surface area contributed by atoms with Crippen molar-refractivity contribution in [2.24, 2.45) is 0 Å². The zero-order valence-corrected chi connectivity index (χ0v) is 14.0. The summed E-state index contributed by atoms with van der Waals surface area (Å²) in [5, 5.41) is 1.57. The smallest absolute Gasteiger partial charge is 0.192 e. The molecule has 0 spiro atoms. The van der Waals surface area contributed by atoms with Gasteiger partial charge in [0, 0.05) is 6.04 Å². The summed E-state index contributed by atoms with van der Waals surface area (Å²) in [4.78, 5) is 2.41. The van der Waals surface area contributed by atoms with Gasteiger partial charge in [0.25, 0.3) is 0 Å². The molecule has 0 N–H and O–H groups in total. The van der Waals surface area contributed by atoms with Gasteiger partial charge in [-0.3, -0.25) is 4.90 Å². The van der Waals surface area contributed by atoms with E-state index in [9.17, 15) is 8.42 Å². The van der Waals surface area contributed by atoms with E-state index >= 15 is 0 Å². The summed E-state index contributed by atoms with van der Waals surface area (Å²) in [5.41, 5.74) is 0. The fourth-order valence-corrected chi connectivity index (χ4v) is 6.59. The summed E-state index contributed by atoms with van der Waals surface area (Å²) in [7, 11) is -3.19. The summed E-state index contributed by atoms with van der Waals surface area (Å²) >= 11 is 1.34. The van der Waals surface area contributed by atoms with E-state index in [1.54, 1.807) is 6.07 Å². The molecule has 0 unspecified atom stereocenters. The molecule has 5 heteroatoms. The van der Waals surface area contributed by atoms with Crippen molar-refractivity contribution in [1.82, 2.24) is 4.90 Å². The van der Waals surface area contributed by atoms with E-state index in [1.165, 1.54) is 30.6 Å². The number of hydrogen-bond donors (Lipinski definition) is 0. The third-order valence-electron chi connectivity index (χ3n) is 4.28. The van der Waals surface area contributed by atoms with Crippen LogP contribution < -0.4 is 0 Å². The van der Waals surface area contributed by atoms with Crippen LogP contribution in [-0.4, -0.2) is 37.7 Å². The van der Waals surface area contributed by atoms with Gasteiger partial charge >= 0.3 is 0 Å². The number of likely N-dealkylation sites (tertiary alicyclic amines) is 1. The van der Waals surface area contributed by atoms with E-state index in [1.807, 2.05) is 18.4 Å². The molecule has 0 aromatic carbocycles. The first kappa shape index (κ1) is 16.0. The van der Waals surface area contributed by atoms with Crippen LogP contribution in [0.3, 0.4) is 0 Å². The molecule has 0 amide bonds. The van der Waals surface area contributed by atoms with Gasteiger partial charge in [0.05, 0.1) is 5.25 Å². The van der Waals surface area contributed by atoms with Gasteiger partial charge in [-0.05, 0) is 50.2 Å². The van der Waals surface area contributed by atoms with Crippen LogP contribution in [0.25, 0.3) is 0 Å². The fraction of sp³-hybridized carbons (Fsp3) is 0.733. The first-order valence-corrected chi connectivity index (χ1v) is 10.0. The Morgan fingerprint density at radius 3 is 2.40 bits per heavy atom. The Morgan fingerprint density at radius 2 is 1.90 bits per heavy atom. The van der Waals surface area contributed by atoms with Gasteiger partial charge in [0.2, 0.25) is 0 Å². The molecule has 2 rings (SSSR count). The van der Waals surface area contributed by atoms with Crippen molar-refractivity contribution in [3.05, 3.63) is 17.5 Å². The van der Waals surface area contributed by atoms with E-state index in [0.717, 1.165) is 19.5 Å². The molecule has 1 aliphatic heterocycles. The highest BCUT2D eigenvalue weighted by atomic mass is 32.2. The zero-order valence-electron chi connectivity index (χ0n) is 12.4. The molecule has 1 aromatic rings. The average Bonchev–Trinajstić information content (AvgIpc) is 3.00. The monoisotopic (exact) mass is 315 g/mol. The highest BCUT2D eigenvalue weighted by molar-refractivity contribution is 7.94. The lowest BCUT2D eigenvalue weighted by atomic mass is 10.0. The van der Waals surface area contributed by atoms with Crippen molar-refractivity contribution >= 4 is 21.2 Å². The Labute approximate surface area is 126 Å². The molecule has 1 aliphatic rings. The minimum Gasteiger partial charge on any atom is -0.299 e. The van der Waals surface area contributed by atoms with Gasteiger partial charge in [-0.1, -0.05) is 26.3 Å². The molecule has 2 heterocycles. The first-order chi connectivity index (χ1) is 9.61. The minimum atomic E-state index is -3.19. The third kappa shape index (κ3) is 3.26.